The monoisotopic (exact) mass is 920 g/mol. The van der Waals surface area contributed by atoms with Crippen LogP contribution in [0.3, 0.4) is 0 Å². The van der Waals surface area contributed by atoms with Crippen molar-refractivity contribution in [2.24, 2.45) is 14.1 Å². The molecule has 0 radical (unpaired) electrons. The van der Waals surface area contributed by atoms with Crippen molar-refractivity contribution in [2.75, 3.05) is 15.0 Å². The largest absolute Gasteiger partial charge is 0.348 e. The van der Waals surface area contributed by atoms with Crippen LogP contribution in [0.2, 0.25) is 0 Å². The molecule has 0 spiro atoms. The number of benzene rings is 2. The molecule has 4 heterocycles. The molecular weight excluding hydrogens is 869 g/mol. The van der Waals surface area contributed by atoms with Crippen LogP contribution < -0.4 is 31.7 Å². The highest BCUT2D eigenvalue weighted by Crippen LogP contribution is 2.33. The Morgan fingerprint density at radius 3 is 1.70 bits per heavy atom. The molecule has 0 aliphatic rings. The Bertz CT molecular complexity index is 3260. The van der Waals surface area contributed by atoms with Crippen LogP contribution in [0.15, 0.2) is 68.0 Å². The molecule has 2 aromatic carbocycles. The summed E-state index contributed by atoms with van der Waals surface area (Å²) in [6.07, 6.45) is 3.37. The first-order valence-corrected chi connectivity index (χ1v) is 24.0. The molecule has 342 valence electrons. The number of nitrogens with zero attached hydrogens (tertiary/aromatic N) is 7. The number of aryl methyl sites for hydroxylation is 2. The van der Waals surface area contributed by atoms with E-state index in [0.717, 1.165) is 5.56 Å². The second-order valence-electron chi connectivity index (χ2n) is 16.3. The normalized spacial score (nSPS) is 12.7. The fourth-order valence-electron chi connectivity index (χ4n) is 7.75. The summed E-state index contributed by atoms with van der Waals surface area (Å²) in [4.78, 5) is 91.3. The predicted octanol–water partition coefficient (Wildman–Crippen LogP) is 3.43. The van der Waals surface area contributed by atoms with E-state index in [9.17, 15) is 45.6 Å². The second-order valence-corrected chi connectivity index (χ2v) is 19.9. The van der Waals surface area contributed by atoms with Crippen LogP contribution in [0.1, 0.15) is 103 Å². The van der Waals surface area contributed by atoms with E-state index in [1.165, 1.54) is 29.1 Å². The fraction of sp³-hybridized carbons (Fsp3) is 0.429. The first-order chi connectivity index (χ1) is 30.1. The van der Waals surface area contributed by atoms with Gasteiger partial charge in [0.15, 0.2) is 5.78 Å². The third-order valence-corrected chi connectivity index (χ3v) is 14.2. The van der Waals surface area contributed by atoms with Gasteiger partial charge in [0.05, 0.1) is 33.2 Å². The average Bonchev–Trinajstić information content (AvgIpc) is 3.85. The van der Waals surface area contributed by atoms with Crippen molar-refractivity contribution in [2.45, 2.75) is 97.3 Å². The van der Waals surface area contributed by atoms with Crippen molar-refractivity contribution in [3.05, 3.63) is 102 Å². The molecule has 0 aliphatic heterocycles. The van der Waals surface area contributed by atoms with Crippen molar-refractivity contribution in [1.82, 2.24) is 38.9 Å². The number of unbranched alkanes of at least 4 members (excludes halogenated alkanes) is 2. The Balaban J connectivity index is 1.64. The van der Waals surface area contributed by atoms with Crippen LogP contribution in [-0.2, 0) is 43.7 Å². The summed E-state index contributed by atoms with van der Waals surface area (Å²) in [6.45, 7) is 11.0. The minimum atomic E-state index is -5.70. The zero-order valence-electron chi connectivity index (χ0n) is 36.8. The summed E-state index contributed by atoms with van der Waals surface area (Å²) < 4.78 is 62.0. The summed E-state index contributed by atoms with van der Waals surface area (Å²) in [5, 5.41) is 4.96. The molecule has 0 bridgehead atoms. The van der Waals surface area contributed by atoms with Crippen LogP contribution in [-0.4, -0.2) is 78.4 Å². The highest BCUT2D eigenvalue weighted by Gasteiger charge is 2.47. The van der Waals surface area contributed by atoms with E-state index in [2.05, 4.69) is 20.2 Å². The molecule has 22 heteroatoms. The number of aromatic amines is 2. The summed E-state index contributed by atoms with van der Waals surface area (Å²) in [5.74, 6) is -3.93. The van der Waals surface area contributed by atoms with Crippen molar-refractivity contribution >= 4 is 53.4 Å². The van der Waals surface area contributed by atoms with E-state index in [0.29, 0.717) is 40.9 Å². The maximum absolute atomic E-state index is 14.9. The lowest BCUT2D eigenvalue weighted by Gasteiger charge is -2.31. The minimum absolute atomic E-state index is 0.0262. The van der Waals surface area contributed by atoms with Gasteiger partial charge < -0.3 is 9.97 Å². The molecule has 0 amide bonds. The number of sulfonamides is 2. The van der Waals surface area contributed by atoms with Gasteiger partial charge in [-0.25, -0.2) is 31.3 Å². The molecule has 1 unspecified atom stereocenters. The topological polar surface area (TPSA) is 263 Å². The SMILES string of the molecule is CCCCCC(=O)C(N(n1c(=O)[nH]c2cc(C(C)C)c(-c3ccnn3C)cc2c1=O)S(=O)(=O)CC(=O)CCC)S(=O)(=O)Nn1c(=O)[nH]c2cc(C(C)C)c(-c3ccnn3C)cc2c1=O. The molecule has 1 atom stereocenters. The van der Waals surface area contributed by atoms with Crippen LogP contribution in [0, 0.1) is 0 Å². The predicted molar refractivity (Wildman–Crippen MR) is 243 cm³/mol. The summed E-state index contributed by atoms with van der Waals surface area (Å²) in [7, 11) is -7.80. The molecule has 4 aromatic heterocycles. The smallest absolute Gasteiger partial charge is 0.305 e. The van der Waals surface area contributed by atoms with Gasteiger partial charge in [0.2, 0.25) is 5.37 Å². The van der Waals surface area contributed by atoms with Crippen LogP contribution >= 0.6 is 0 Å². The Morgan fingerprint density at radius 1 is 0.719 bits per heavy atom. The third-order valence-electron chi connectivity index (χ3n) is 10.9. The molecular formula is C42H52N10O10S2. The van der Waals surface area contributed by atoms with E-state index >= 15 is 0 Å². The quantitative estimate of drug-likeness (QED) is 0.0988. The molecule has 0 fully saturated rings. The second kappa shape index (κ2) is 18.4. The van der Waals surface area contributed by atoms with E-state index in [-0.39, 0.29) is 66.7 Å². The molecule has 3 N–H and O–H groups in total. The fourth-order valence-corrected chi connectivity index (χ4v) is 11.3. The van der Waals surface area contributed by atoms with E-state index in [1.807, 2.05) is 32.5 Å². The highest BCUT2D eigenvalue weighted by molar-refractivity contribution is 7.97. The van der Waals surface area contributed by atoms with Gasteiger partial charge in [0.25, 0.3) is 31.2 Å². The Labute approximate surface area is 368 Å². The number of ketones is 2. The van der Waals surface area contributed by atoms with Crippen LogP contribution in [0.4, 0.5) is 0 Å². The Morgan fingerprint density at radius 2 is 1.23 bits per heavy atom. The minimum Gasteiger partial charge on any atom is -0.305 e. The number of carbonyl (C=O) groups is 2. The zero-order chi connectivity index (χ0) is 47.0. The average molecular weight is 921 g/mol. The van der Waals surface area contributed by atoms with Gasteiger partial charge in [-0.1, -0.05) is 54.4 Å². The van der Waals surface area contributed by atoms with Crippen molar-refractivity contribution in [3.63, 3.8) is 0 Å². The number of H-pyrrole nitrogens is 2. The third kappa shape index (κ3) is 9.01. The number of carbonyl (C=O) groups excluding carboxylic acids is 2. The molecule has 20 nitrogen and oxygen atoms in total. The van der Waals surface area contributed by atoms with Gasteiger partial charge in [0.1, 0.15) is 11.5 Å². The van der Waals surface area contributed by atoms with Gasteiger partial charge in [-0.15, -0.1) is 0 Å². The van der Waals surface area contributed by atoms with Crippen molar-refractivity contribution in [1.29, 1.82) is 0 Å². The first kappa shape index (κ1) is 47.1. The number of fused-ring (bicyclic) bond motifs is 2. The number of aromatic nitrogens is 8. The van der Waals surface area contributed by atoms with Gasteiger partial charge in [-0.2, -0.15) is 24.0 Å². The van der Waals surface area contributed by atoms with Crippen LogP contribution in [0.25, 0.3) is 44.3 Å². The molecule has 0 aliphatic carbocycles. The lowest BCUT2D eigenvalue weighted by Crippen LogP contribution is -2.64. The van der Waals surface area contributed by atoms with E-state index in [1.54, 1.807) is 57.0 Å². The molecule has 6 rings (SSSR count). The van der Waals surface area contributed by atoms with Gasteiger partial charge in [-0.3, -0.25) is 28.5 Å². The molecule has 6 aromatic rings. The van der Waals surface area contributed by atoms with Crippen molar-refractivity contribution in [3.8, 4) is 22.5 Å². The van der Waals surface area contributed by atoms with Crippen molar-refractivity contribution < 1.29 is 26.4 Å². The standard InChI is InChI=1S/C42H52N10O10S2/c1-9-11-12-14-37(54)40(64(61,62)47-50-38(55)31-19-29(35-15-17-43-48(35)7)27(24(3)4)21-33(31)45-41(50)57)52(63(59,60)23-26(53)13-10-2)51-39(56)32-20-30(36-16-18-44-49(36)8)28(25(5)6)22-34(32)46-42(51)58/h15-22,24-25,40,47H,9-14,23H2,1-8H3,(H,45,57)(H,46,58). The summed E-state index contributed by atoms with van der Waals surface area (Å²) in [6, 6.07) is 9.34. The summed E-state index contributed by atoms with van der Waals surface area (Å²) in [5.41, 5.74) is -1.74. The Kier molecular flexibility index (Phi) is 13.5. The van der Waals surface area contributed by atoms with Crippen LogP contribution in [0.5, 0.6) is 0 Å². The van der Waals surface area contributed by atoms with E-state index in [4.69, 9.17) is 0 Å². The van der Waals surface area contributed by atoms with Gasteiger partial charge >= 0.3 is 11.4 Å². The number of hydrogen-bond donors (Lipinski definition) is 3. The summed E-state index contributed by atoms with van der Waals surface area (Å²) >= 11 is 0. The van der Waals surface area contributed by atoms with Gasteiger partial charge in [-0.05, 0) is 72.2 Å². The molecule has 0 saturated carbocycles. The highest BCUT2D eigenvalue weighted by atomic mass is 32.2. The number of nitrogens with one attached hydrogen (secondary N) is 3. The zero-order valence-corrected chi connectivity index (χ0v) is 38.5. The first-order valence-electron chi connectivity index (χ1n) is 20.8. The lowest BCUT2D eigenvalue weighted by atomic mass is 9.93. The maximum atomic E-state index is 14.9. The lowest BCUT2D eigenvalue weighted by molar-refractivity contribution is -0.119. The molecule has 0 saturated heterocycles. The number of rotatable bonds is 19. The number of hydrogen-bond acceptors (Lipinski definition) is 12. The van der Waals surface area contributed by atoms with E-state index < -0.39 is 71.7 Å². The Hall–Kier alpha value is -6.42. The van der Waals surface area contributed by atoms with Gasteiger partial charge in [0, 0.05) is 50.5 Å². The maximum Gasteiger partial charge on any atom is 0.348 e. The number of Topliss-reactive ketones (excluding diaryl/α,β-unsaturated/α-hetero) is 2. The molecule has 64 heavy (non-hydrogen) atoms.